The van der Waals surface area contributed by atoms with Crippen molar-refractivity contribution in [3.8, 4) is 0 Å². The van der Waals surface area contributed by atoms with Crippen molar-refractivity contribution >= 4 is 19.8 Å². The summed E-state index contributed by atoms with van der Waals surface area (Å²) in [6.45, 7) is 3.38. The maximum Gasteiger partial charge on any atom is 0.472 e. The third-order valence-electron chi connectivity index (χ3n) is 6.34. The molecule has 0 fully saturated rings. The Balaban J connectivity index is 4.48. The summed E-state index contributed by atoms with van der Waals surface area (Å²) in [5, 5.41) is 0. The predicted molar refractivity (Wildman–Crippen MR) is 187 cm³/mol. The maximum atomic E-state index is 12.4. The molecule has 262 valence electrons. The van der Waals surface area contributed by atoms with Crippen LogP contribution in [0.1, 0.15) is 110 Å². The molecule has 0 spiro atoms. The van der Waals surface area contributed by atoms with E-state index in [1.54, 1.807) is 6.08 Å². The van der Waals surface area contributed by atoms with Crippen LogP contribution in [0.15, 0.2) is 72.9 Å². The van der Waals surface area contributed by atoms with Crippen LogP contribution in [0.5, 0.6) is 0 Å². The molecule has 0 aliphatic rings. The van der Waals surface area contributed by atoms with Crippen molar-refractivity contribution in [2.75, 3.05) is 26.4 Å². The van der Waals surface area contributed by atoms with Gasteiger partial charge in [-0.15, -0.1) is 0 Å². The monoisotopic (exact) mass is 665 g/mol. The Morgan fingerprint density at radius 3 is 1.87 bits per heavy atom. The lowest BCUT2D eigenvalue weighted by molar-refractivity contribution is -0.160. The normalized spacial score (nSPS) is 14.4. The van der Waals surface area contributed by atoms with Crippen LogP contribution in [-0.2, 0) is 32.7 Å². The van der Waals surface area contributed by atoms with E-state index >= 15 is 0 Å². The zero-order valence-electron chi connectivity index (χ0n) is 28.3. The van der Waals surface area contributed by atoms with Crippen LogP contribution in [-0.4, -0.2) is 49.3 Å². The first-order valence-corrected chi connectivity index (χ1v) is 18.4. The van der Waals surface area contributed by atoms with E-state index in [9.17, 15) is 19.0 Å². The van der Waals surface area contributed by atoms with Gasteiger partial charge < -0.3 is 20.1 Å². The highest BCUT2D eigenvalue weighted by atomic mass is 31.2. The summed E-state index contributed by atoms with van der Waals surface area (Å²) in [7, 11) is -4.39. The van der Waals surface area contributed by atoms with E-state index in [1.807, 2.05) is 12.2 Å². The number of hydrogen-bond donors (Lipinski definition) is 2. The molecule has 0 radical (unpaired) electrons. The lowest BCUT2D eigenvalue weighted by Crippen LogP contribution is -2.29. The first-order chi connectivity index (χ1) is 22.3. The van der Waals surface area contributed by atoms with Gasteiger partial charge in [0.1, 0.15) is 6.61 Å². The zero-order valence-corrected chi connectivity index (χ0v) is 29.2. The maximum absolute atomic E-state index is 12.4. The molecular formula is C36H60NO8P. The molecule has 0 aromatic rings. The smallest absolute Gasteiger partial charge is 0.462 e. The van der Waals surface area contributed by atoms with Crippen LogP contribution < -0.4 is 5.73 Å². The number of hydrogen-bond acceptors (Lipinski definition) is 8. The Labute approximate surface area is 278 Å². The molecule has 2 atom stereocenters. The SMILES string of the molecule is CC/C=C\C/C=C\C/C=C\C/C=C\C/C=C\CC(=O)OC(COC(=O)CCCCCCC/C=C\CCC)COP(=O)(O)OCCN. The molecule has 0 rings (SSSR count). The standard InChI is InChI=1S/C36H60NO8P/c1-3-5-7-9-11-13-15-16-17-18-19-21-23-25-27-29-36(39)45-34(33-44-46(40,41)43-31-30-37)32-42-35(38)28-26-24-22-20-14-12-10-8-6-4-2/h5,7-8,10-11,13,16-17,19,21,25,27,34H,3-4,6,9,12,14-15,18,20,22-24,26,28-33,37H2,1-2H3,(H,40,41)/b7-5-,10-8-,13-11-,17-16-,21-19-,27-25-. The van der Waals surface area contributed by atoms with Gasteiger partial charge in [0, 0.05) is 13.0 Å². The Kier molecular flexibility index (Phi) is 30.6. The third kappa shape index (κ3) is 31.4. The van der Waals surface area contributed by atoms with Crippen LogP contribution in [0.25, 0.3) is 0 Å². The van der Waals surface area contributed by atoms with Crippen molar-refractivity contribution in [2.24, 2.45) is 5.73 Å². The zero-order chi connectivity index (χ0) is 34.0. The summed E-state index contributed by atoms with van der Waals surface area (Å²) >= 11 is 0. The molecule has 0 aromatic carbocycles. The van der Waals surface area contributed by atoms with Crippen molar-refractivity contribution in [3.63, 3.8) is 0 Å². The number of carbonyl (C=O) groups is 2. The minimum atomic E-state index is -4.39. The van der Waals surface area contributed by atoms with Gasteiger partial charge in [0.25, 0.3) is 0 Å². The quantitative estimate of drug-likeness (QED) is 0.0334. The van der Waals surface area contributed by atoms with Crippen LogP contribution in [0.4, 0.5) is 0 Å². The molecule has 10 heteroatoms. The van der Waals surface area contributed by atoms with Gasteiger partial charge in [0.15, 0.2) is 6.10 Å². The van der Waals surface area contributed by atoms with E-state index in [-0.39, 0.29) is 32.6 Å². The highest BCUT2D eigenvalue weighted by Gasteiger charge is 2.25. The van der Waals surface area contributed by atoms with Gasteiger partial charge in [0.2, 0.25) is 0 Å². The minimum Gasteiger partial charge on any atom is -0.462 e. The average Bonchev–Trinajstić information content (AvgIpc) is 3.04. The number of ether oxygens (including phenoxy) is 2. The van der Waals surface area contributed by atoms with E-state index in [4.69, 9.17) is 24.3 Å². The molecule has 0 heterocycles. The second-order valence-electron chi connectivity index (χ2n) is 10.7. The number of phosphoric acid groups is 1. The molecule has 0 aliphatic heterocycles. The van der Waals surface area contributed by atoms with Crippen molar-refractivity contribution < 1.29 is 37.6 Å². The first-order valence-electron chi connectivity index (χ1n) is 16.9. The molecule has 0 saturated heterocycles. The summed E-state index contributed by atoms with van der Waals surface area (Å²) in [5.41, 5.74) is 5.30. The van der Waals surface area contributed by atoms with Gasteiger partial charge in [-0.1, -0.05) is 112 Å². The van der Waals surface area contributed by atoms with Crippen LogP contribution >= 0.6 is 7.82 Å². The molecule has 0 aliphatic carbocycles. The lowest BCUT2D eigenvalue weighted by atomic mass is 10.1. The highest BCUT2D eigenvalue weighted by molar-refractivity contribution is 7.47. The molecule has 3 N–H and O–H groups in total. The number of phosphoric ester groups is 1. The van der Waals surface area contributed by atoms with Crippen molar-refractivity contribution in [2.45, 2.75) is 116 Å². The molecule has 0 bridgehead atoms. The highest BCUT2D eigenvalue weighted by Crippen LogP contribution is 2.43. The summed E-state index contributed by atoms with van der Waals surface area (Å²) in [5.74, 6) is -1.00. The largest absolute Gasteiger partial charge is 0.472 e. The van der Waals surface area contributed by atoms with Gasteiger partial charge in [-0.05, 0) is 57.8 Å². The Morgan fingerprint density at radius 2 is 1.26 bits per heavy atom. The Hall–Kier alpha value is -2.55. The summed E-state index contributed by atoms with van der Waals surface area (Å²) in [6, 6.07) is 0. The summed E-state index contributed by atoms with van der Waals surface area (Å²) in [4.78, 5) is 34.5. The minimum absolute atomic E-state index is 0.00712. The first kappa shape index (κ1) is 43.5. The molecule has 2 unspecified atom stereocenters. The second kappa shape index (κ2) is 32.4. The Bertz CT molecular complexity index is 986. The molecule has 0 amide bonds. The van der Waals surface area contributed by atoms with Crippen molar-refractivity contribution in [1.82, 2.24) is 0 Å². The molecule has 46 heavy (non-hydrogen) atoms. The Morgan fingerprint density at radius 1 is 0.696 bits per heavy atom. The van der Waals surface area contributed by atoms with E-state index in [2.05, 4.69) is 68.5 Å². The number of unbranched alkanes of at least 4 members (excludes halogenated alkanes) is 6. The summed E-state index contributed by atoms with van der Waals surface area (Å²) < 4.78 is 32.4. The number of rotatable bonds is 30. The fourth-order valence-electron chi connectivity index (χ4n) is 3.89. The van der Waals surface area contributed by atoms with Gasteiger partial charge in [0.05, 0.1) is 19.6 Å². The molecular weight excluding hydrogens is 605 g/mol. The number of esters is 2. The van der Waals surface area contributed by atoms with E-state index in [0.717, 1.165) is 64.2 Å². The summed E-state index contributed by atoms with van der Waals surface area (Å²) in [6.07, 6.45) is 36.9. The topological polar surface area (TPSA) is 134 Å². The van der Waals surface area contributed by atoms with Gasteiger partial charge in [-0.3, -0.25) is 18.6 Å². The predicted octanol–water partition coefficient (Wildman–Crippen LogP) is 8.76. The van der Waals surface area contributed by atoms with E-state index in [1.165, 1.54) is 6.42 Å². The average molecular weight is 666 g/mol. The number of nitrogens with two attached hydrogens (primary N) is 1. The number of carbonyl (C=O) groups excluding carboxylic acids is 2. The van der Waals surface area contributed by atoms with Gasteiger partial charge in [-0.2, -0.15) is 0 Å². The van der Waals surface area contributed by atoms with Crippen LogP contribution in [0.2, 0.25) is 0 Å². The third-order valence-corrected chi connectivity index (χ3v) is 7.32. The lowest BCUT2D eigenvalue weighted by Gasteiger charge is -2.19. The molecule has 9 nitrogen and oxygen atoms in total. The van der Waals surface area contributed by atoms with Crippen LogP contribution in [0, 0.1) is 0 Å². The van der Waals surface area contributed by atoms with Crippen molar-refractivity contribution in [3.05, 3.63) is 72.9 Å². The fourth-order valence-corrected chi connectivity index (χ4v) is 4.65. The van der Waals surface area contributed by atoms with Gasteiger partial charge in [-0.25, -0.2) is 4.57 Å². The molecule has 0 saturated carbocycles. The van der Waals surface area contributed by atoms with Gasteiger partial charge >= 0.3 is 19.8 Å². The second-order valence-corrected chi connectivity index (χ2v) is 12.1. The molecule has 0 aromatic heterocycles. The van der Waals surface area contributed by atoms with E-state index < -0.39 is 32.5 Å². The van der Waals surface area contributed by atoms with Crippen LogP contribution in [0.3, 0.4) is 0 Å². The van der Waals surface area contributed by atoms with E-state index in [0.29, 0.717) is 12.8 Å². The fraction of sp³-hybridized carbons (Fsp3) is 0.611. The number of allylic oxidation sites excluding steroid dienone is 11. The van der Waals surface area contributed by atoms with Crippen molar-refractivity contribution in [1.29, 1.82) is 0 Å².